The van der Waals surface area contributed by atoms with E-state index in [4.69, 9.17) is 4.74 Å². The summed E-state index contributed by atoms with van der Waals surface area (Å²) < 4.78 is 70.6. The van der Waals surface area contributed by atoms with Crippen LogP contribution in [-0.2, 0) is 26.7 Å². The first-order chi connectivity index (χ1) is 15.6. The Balaban J connectivity index is 1.39. The molecule has 0 N–H and O–H groups in total. The highest BCUT2D eigenvalue weighted by Gasteiger charge is 2.31. The van der Waals surface area contributed by atoms with Crippen LogP contribution in [0.3, 0.4) is 0 Å². The number of hydrogen-bond donors (Lipinski definition) is 0. The van der Waals surface area contributed by atoms with E-state index in [9.17, 15) is 21.6 Å². The van der Waals surface area contributed by atoms with Crippen LogP contribution in [0.5, 0.6) is 0 Å². The molecular formula is C21H26F3N5O3S. The van der Waals surface area contributed by atoms with Crippen LogP contribution in [0.4, 0.5) is 24.9 Å². The van der Waals surface area contributed by atoms with Gasteiger partial charge >= 0.3 is 6.18 Å². The Morgan fingerprint density at radius 2 is 1.58 bits per heavy atom. The van der Waals surface area contributed by atoms with Gasteiger partial charge in [0.2, 0.25) is 16.0 Å². The normalized spacial score (nSPS) is 18.5. The molecule has 0 aliphatic carbocycles. The molecule has 0 unspecified atom stereocenters. The highest BCUT2D eigenvalue weighted by atomic mass is 32.2. The molecule has 4 rings (SSSR count). The van der Waals surface area contributed by atoms with Crippen molar-refractivity contribution in [3.63, 3.8) is 0 Å². The Bertz CT molecular complexity index is 1070. The largest absolute Gasteiger partial charge is 0.416 e. The van der Waals surface area contributed by atoms with E-state index in [-0.39, 0.29) is 18.8 Å². The molecule has 2 fully saturated rings. The van der Waals surface area contributed by atoms with Gasteiger partial charge in [-0.3, -0.25) is 0 Å². The van der Waals surface area contributed by atoms with Gasteiger partial charge in [0.05, 0.1) is 24.5 Å². The number of nitrogens with zero attached hydrogens (tertiary/aromatic N) is 5. The van der Waals surface area contributed by atoms with E-state index in [1.165, 1.54) is 16.4 Å². The molecule has 0 spiro atoms. The molecule has 180 valence electrons. The highest BCUT2D eigenvalue weighted by Crippen LogP contribution is 2.29. The Kier molecular flexibility index (Phi) is 6.78. The summed E-state index contributed by atoms with van der Waals surface area (Å²) in [6, 6.07) is 6.17. The Morgan fingerprint density at radius 3 is 2.18 bits per heavy atom. The van der Waals surface area contributed by atoms with Crippen LogP contribution < -0.4 is 9.80 Å². The van der Waals surface area contributed by atoms with Crippen LogP contribution in [0.25, 0.3) is 0 Å². The van der Waals surface area contributed by atoms with Gasteiger partial charge in [-0.25, -0.2) is 13.4 Å². The summed E-state index contributed by atoms with van der Waals surface area (Å²) in [6.07, 6.45) is -4.45. The quantitative estimate of drug-likeness (QED) is 0.643. The van der Waals surface area contributed by atoms with Crippen molar-refractivity contribution in [2.24, 2.45) is 0 Å². The maximum absolute atomic E-state index is 12.8. The molecule has 2 aromatic rings. The SMILES string of the molecule is Cc1cc(N2CCOCC2)nc(N2CCN(S(=O)(=O)Cc3ccc(C(F)(F)F)cc3)CC2)n1. The Morgan fingerprint density at radius 1 is 0.939 bits per heavy atom. The summed E-state index contributed by atoms with van der Waals surface area (Å²) in [5.41, 5.74) is 0.355. The molecule has 0 bridgehead atoms. The second-order valence-corrected chi connectivity index (χ2v) is 10.1. The second kappa shape index (κ2) is 9.43. The average Bonchev–Trinajstić information content (AvgIpc) is 2.79. The van der Waals surface area contributed by atoms with E-state index in [0.29, 0.717) is 37.8 Å². The van der Waals surface area contributed by atoms with Crippen molar-refractivity contribution in [2.45, 2.75) is 18.9 Å². The van der Waals surface area contributed by atoms with Gasteiger partial charge in [-0.05, 0) is 24.6 Å². The van der Waals surface area contributed by atoms with Gasteiger partial charge in [-0.15, -0.1) is 0 Å². The first-order valence-electron chi connectivity index (χ1n) is 10.7. The van der Waals surface area contributed by atoms with Gasteiger partial charge in [0.15, 0.2) is 0 Å². The fraction of sp³-hybridized carbons (Fsp3) is 0.524. The van der Waals surface area contributed by atoms with Gasteiger partial charge in [-0.1, -0.05) is 12.1 Å². The van der Waals surface area contributed by atoms with Crippen molar-refractivity contribution in [1.82, 2.24) is 14.3 Å². The zero-order chi connectivity index (χ0) is 23.6. The van der Waals surface area contributed by atoms with E-state index < -0.39 is 21.8 Å². The molecule has 2 aliphatic rings. The van der Waals surface area contributed by atoms with Crippen molar-refractivity contribution in [3.05, 3.63) is 47.2 Å². The third-order valence-electron chi connectivity index (χ3n) is 5.71. The van der Waals surface area contributed by atoms with Crippen LogP contribution >= 0.6 is 0 Å². The van der Waals surface area contributed by atoms with E-state index in [1.54, 1.807) is 0 Å². The minimum absolute atomic E-state index is 0.257. The van der Waals surface area contributed by atoms with Crippen molar-refractivity contribution >= 4 is 21.8 Å². The molecule has 0 atom stereocenters. The number of morpholine rings is 1. The third-order valence-corrected chi connectivity index (χ3v) is 7.56. The number of benzene rings is 1. The monoisotopic (exact) mass is 485 g/mol. The molecule has 0 amide bonds. The van der Waals surface area contributed by atoms with Crippen LogP contribution in [0.15, 0.2) is 30.3 Å². The van der Waals surface area contributed by atoms with Gasteiger partial charge in [0.25, 0.3) is 0 Å². The van der Waals surface area contributed by atoms with E-state index >= 15 is 0 Å². The maximum Gasteiger partial charge on any atom is 0.416 e. The number of hydrogen-bond acceptors (Lipinski definition) is 7. The highest BCUT2D eigenvalue weighted by molar-refractivity contribution is 7.88. The van der Waals surface area contributed by atoms with Crippen LogP contribution in [0.2, 0.25) is 0 Å². The average molecular weight is 486 g/mol. The van der Waals surface area contributed by atoms with Crippen molar-refractivity contribution < 1.29 is 26.3 Å². The molecule has 3 heterocycles. The number of alkyl halides is 3. The van der Waals surface area contributed by atoms with Crippen LogP contribution in [0, 0.1) is 6.92 Å². The van der Waals surface area contributed by atoms with Crippen molar-refractivity contribution in [2.75, 3.05) is 62.3 Å². The van der Waals surface area contributed by atoms with E-state index in [2.05, 4.69) is 14.9 Å². The molecule has 2 aliphatic heterocycles. The molecule has 1 aromatic heterocycles. The summed E-state index contributed by atoms with van der Waals surface area (Å²) in [5, 5.41) is 0. The number of aromatic nitrogens is 2. The summed E-state index contributed by atoms with van der Waals surface area (Å²) in [7, 11) is -3.66. The minimum Gasteiger partial charge on any atom is -0.378 e. The van der Waals surface area contributed by atoms with Gasteiger partial charge in [0, 0.05) is 51.0 Å². The molecular weight excluding hydrogens is 459 g/mol. The number of aryl methyl sites for hydroxylation is 1. The lowest BCUT2D eigenvalue weighted by Gasteiger charge is -2.35. The number of anilines is 2. The Hall–Kier alpha value is -2.44. The van der Waals surface area contributed by atoms with E-state index in [0.717, 1.165) is 36.7 Å². The van der Waals surface area contributed by atoms with Crippen LogP contribution in [-0.4, -0.2) is 75.2 Å². The zero-order valence-corrected chi connectivity index (χ0v) is 19.1. The standard InChI is InChI=1S/C21H26F3N5O3S/c1-16-14-19(27-10-12-32-13-11-27)26-20(25-16)28-6-8-29(9-7-28)33(30,31)15-17-2-4-18(5-3-17)21(22,23)24/h2-5,14H,6-13,15H2,1H3. The lowest BCUT2D eigenvalue weighted by atomic mass is 10.1. The van der Waals surface area contributed by atoms with Crippen molar-refractivity contribution in [1.29, 1.82) is 0 Å². The molecule has 1 aromatic carbocycles. The van der Waals surface area contributed by atoms with E-state index in [1.807, 2.05) is 17.9 Å². The molecule has 8 nitrogen and oxygen atoms in total. The Labute approximate surface area is 191 Å². The van der Waals surface area contributed by atoms with Gasteiger partial charge < -0.3 is 14.5 Å². The van der Waals surface area contributed by atoms with Crippen LogP contribution in [0.1, 0.15) is 16.8 Å². The predicted molar refractivity (Wildman–Crippen MR) is 118 cm³/mol. The van der Waals surface area contributed by atoms with Crippen molar-refractivity contribution in [3.8, 4) is 0 Å². The lowest BCUT2D eigenvalue weighted by molar-refractivity contribution is -0.137. The smallest absolute Gasteiger partial charge is 0.378 e. The van der Waals surface area contributed by atoms with Gasteiger partial charge in [-0.2, -0.15) is 22.5 Å². The number of ether oxygens (including phenoxy) is 1. The maximum atomic E-state index is 12.8. The summed E-state index contributed by atoms with van der Waals surface area (Å²) in [4.78, 5) is 13.3. The zero-order valence-electron chi connectivity index (χ0n) is 18.3. The second-order valence-electron chi connectivity index (χ2n) is 8.10. The first-order valence-corrected chi connectivity index (χ1v) is 12.3. The number of halogens is 3. The number of piperazine rings is 1. The van der Waals surface area contributed by atoms with Gasteiger partial charge in [0.1, 0.15) is 5.82 Å². The fourth-order valence-electron chi connectivity index (χ4n) is 3.89. The number of sulfonamides is 1. The molecule has 0 saturated carbocycles. The summed E-state index contributed by atoms with van der Waals surface area (Å²) in [6.45, 7) is 6.08. The fourth-order valence-corrected chi connectivity index (χ4v) is 5.41. The molecule has 33 heavy (non-hydrogen) atoms. The lowest BCUT2D eigenvalue weighted by Crippen LogP contribution is -2.49. The minimum atomic E-state index is -4.45. The predicted octanol–water partition coefficient (Wildman–Crippen LogP) is 2.29. The number of rotatable bonds is 5. The third kappa shape index (κ3) is 5.74. The molecule has 12 heteroatoms. The first kappa shape index (κ1) is 23.7. The summed E-state index contributed by atoms with van der Waals surface area (Å²) in [5.74, 6) is 1.06. The molecule has 2 saturated heterocycles. The topological polar surface area (TPSA) is 78.9 Å². The summed E-state index contributed by atoms with van der Waals surface area (Å²) >= 11 is 0. The molecule has 0 radical (unpaired) electrons.